The van der Waals surface area contributed by atoms with Gasteiger partial charge in [-0.05, 0) is 43.2 Å². The second-order valence-electron chi connectivity index (χ2n) is 8.66. The van der Waals surface area contributed by atoms with Gasteiger partial charge in [-0.2, -0.15) is 4.98 Å². The van der Waals surface area contributed by atoms with E-state index in [-0.39, 0.29) is 11.9 Å². The van der Waals surface area contributed by atoms with Crippen LogP contribution in [0, 0.1) is 6.92 Å². The Morgan fingerprint density at radius 2 is 1.88 bits per heavy atom. The molecule has 170 valence electrons. The van der Waals surface area contributed by atoms with E-state index in [4.69, 9.17) is 9.26 Å². The zero-order valence-corrected chi connectivity index (χ0v) is 19.0. The summed E-state index contributed by atoms with van der Waals surface area (Å²) in [6.45, 7) is 7.73. The molecular formula is C26H28N4O3. The minimum atomic E-state index is -0.00174. The molecule has 2 aliphatic heterocycles. The Morgan fingerprint density at radius 1 is 1.09 bits per heavy atom. The third-order valence-corrected chi connectivity index (χ3v) is 6.41. The lowest BCUT2D eigenvalue weighted by Gasteiger charge is -2.36. The van der Waals surface area contributed by atoms with Crippen molar-refractivity contribution < 1.29 is 14.1 Å². The summed E-state index contributed by atoms with van der Waals surface area (Å²) in [4.78, 5) is 21.5. The molecule has 2 aliphatic rings. The van der Waals surface area contributed by atoms with Gasteiger partial charge in [0.25, 0.3) is 0 Å². The molecule has 0 bridgehead atoms. The van der Waals surface area contributed by atoms with E-state index in [0.717, 1.165) is 43.0 Å². The Hall–Kier alpha value is -3.45. The van der Waals surface area contributed by atoms with Gasteiger partial charge < -0.3 is 14.2 Å². The number of hydrogen-bond acceptors (Lipinski definition) is 6. The van der Waals surface area contributed by atoms with Gasteiger partial charge in [-0.25, -0.2) is 0 Å². The summed E-state index contributed by atoms with van der Waals surface area (Å²) in [6.07, 6.45) is 4.49. The van der Waals surface area contributed by atoms with Gasteiger partial charge in [0, 0.05) is 44.2 Å². The van der Waals surface area contributed by atoms with Crippen LogP contribution in [0.25, 0.3) is 17.5 Å². The topological polar surface area (TPSA) is 71.7 Å². The third kappa shape index (κ3) is 4.68. The standard InChI is InChI=1S/C26H28N4O3/c1-18-3-7-21(8-4-18)25-27-26(33-28-25)19(2)29-12-14-30(15-13-29)24(31)10-6-20-5-9-23-22(17-20)11-16-32-23/h3-10,17,19H,11-16H2,1-2H3/b10-6+. The minimum absolute atomic E-state index is 0.00174. The fourth-order valence-electron chi connectivity index (χ4n) is 4.29. The molecule has 1 atom stereocenters. The molecule has 0 N–H and O–H groups in total. The summed E-state index contributed by atoms with van der Waals surface area (Å²) in [6, 6.07) is 14.2. The van der Waals surface area contributed by atoms with Gasteiger partial charge in [0.1, 0.15) is 5.75 Å². The molecule has 5 rings (SSSR count). The Balaban J connectivity index is 1.16. The van der Waals surface area contributed by atoms with Crippen LogP contribution in [0.4, 0.5) is 0 Å². The average molecular weight is 445 g/mol. The first kappa shape index (κ1) is 21.4. The van der Waals surface area contributed by atoms with Gasteiger partial charge in [-0.1, -0.05) is 41.1 Å². The largest absolute Gasteiger partial charge is 0.493 e. The molecule has 1 amide bonds. The predicted octanol–water partition coefficient (Wildman–Crippen LogP) is 3.90. The van der Waals surface area contributed by atoms with Gasteiger partial charge in [-0.15, -0.1) is 0 Å². The molecule has 7 nitrogen and oxygen atoms in total. The number of rotatable bonds is 5. The lowest BCUT2D eigenvalue weighted by atomic mass is 10.1. The monoisotopic (exact) mass is 444 g/mol. The molecule has 1 saturated heterocycles. The zero-order valence-electron chi connectivity index (χ0n) is 19.0. The maximum atomic E-state index is 12.7. The number of ether oxygens (including phenoxy) is 1. The van der Waals surface area contributed by atoms with Crippen LogP contribution >= 0.6 is 0 Å². The molecule has 2 aromatic carbocycles. The van der Waals surface area contributed by atoms with Crippen LogP contribution in [0.2, 0.25) is 0 Å². The number of amides is 1. The van der Waals surface area contributed by atoms with Crippen LogP contribution in [0.3, 0.4) is 0 Å². The van der Waals surface area contributed by atoms with E-state index >= 15 is 0 Å². The number of piperazine rings is 1. The number of aryl methyl sites for hydroxylation is 1. The maximum absolute atomic E-state index is 12.7. The van der Waals surface area contributed by atoms with Gasteiger partial charge in [0.15, 0.2) is 0 Å². The number of fused-ring (bicyclic) bond motifs is 1. The first-order valence-electron chi connectivity index (χ1n) is 11.4. The summed E-state index contributed by atoms with van der Waals surface area (Å²) in [5.74, 6) is 2.20. The Kier molecular flexibility index (Phi) is 5.96. The van der Waals surface area contributed by atoms with Crippen molar-refractivity contribution in [1.82, 2.24) is 19.9 Å². The molecule has 0 aliphatic carbocycles. The molecule has 7 heteroatoms. The van der Waals surface area contributed by atoms with Crippen molar-refractivity contribution in [3.8, 4) is 17.1 Å². The van der Waals surface area contributed by atoms with Crippen molar-refractivity contribution in [2.75, 3.05) is 32.8 Å². The lowest BCUT2D eigenvalue weighted by molar-refractivity contribution is -0.128. The van der Waals surface area contributed by atoms with Gasteiger partial charge in [0.2, 0.25) is 17.6 Å². The van der Waals surface area contributed by atoms with E-state index in [2.05, 4.69) is 35.0 Å². The average Bonchev–Trinajstić information content (AvgIpc) is 3.52. The van der Waals surface area contributed by atoms with Gasteiger partial charge >= 0.3 is 0 Å². The van der Waals surface area contributed by atoms with Crippen LogP contribution < -0.4 is 4.74 Å². The highest BCUT2D eigenvalue weighted by atomic mass is 16.5. The van der Waals surface area contributed by atoms with Crippen LogP contribution in [0.15, 0.2) is 53.1 Å². The molecule has 3 heterocycles. The minimum Gasteiger partial charge on any atom is -0.493 e. The van der Waals surface area contributed by atoms with E-state index in [1.165, 1.54) is 11.1 Å². The lowest BCUT2D eigenvalue weighted by Crippen LogP contribution is -2.48. The SMILES string of the molecule is Cc1ccc(-c2noc(C(C)N3CCN(C(=O)/C=C/c4ccc5c(c4)CCO5)CC3)n2)cc1. The molecule has 1 aromatic heterocycles. The Labute approximate surface area is 193 Å². The summed E-state index contributed by atoms with van der Waals surface area (Å²) in [7, 11) is 0. The molecule has 33 heavy (non-hydrogen) atoms. The predicted molar refractivity (Wildman–Crippen MR) is 126 cm³/mol. The summed E-state index contributed by atoms with van der Waals surface area (Å²) < 4.78 is 11.1. The molecule has 0 spiro atoms. The van der Waals surface area contributed by atoms with Crippen molar-refractivity contribution in [2.24, 2.45) is 0 Å². The molecular weight excluding hydrogens is 416 g/mol. The highest BCUT2D eigenvalue weighted by molar-refractivity contribution is 5.91. The summed E-state index contributed by atoms with van der Waals surface area (Å²) in [5.41, 5.74) is 4.38. The van der Waals surface area contributed by atoms with E-state index in [1.807, 2.05) is 47.4 Å². The zero-order chi connectivity index (χ0) is 22.8. The maximum Gasteiger partial charge on any atom is 0.246 e. The van der Waals surface area contributed by atoms with Crippen LogP contribution in [0.5, 0.6) is 5.75 Å². The van der Waals surface area contributed by atoms with Crippen LogP contribution in [-0.2, 0) is 11.2 Å². The number of carbonyl (C=O) groups is 1. The molecule has 1 fully saturated rings. The van der Waals surface area contributed by atoms with Crippen molar-refractivity contribution >= 4 is 12.0 Å². The molecule has 0 radical (unpaired) electrons. The van der Waals surface area contributed by atoms with Crippen molar-refractivity contribution in [1.29, 1.82) is 0 Å². The van der Waals surface area contributed by atoms with Crippen LogP contribution in [-0.4, -0.2) is 58.6 Å². The summed E-state index contributed by atoms with van der Waals surface area (Å²) >= 11 is 0. The Bertz CT molecular complexity index is 1160. The van der Waals surface area contributed by atoms with Gasteiger partial charge in [0.05, 0.1) is 12.6 Å². The molecule has 1 unspecified atom stereocenters. The smallest absolute Gasteiger partial charge is 0.246 e. The van der Waals surface area contributed by atoms with Crippen molar-refractivity contribution in [2.45, 2.75) is 26.3 Å². The number of nitrogens with zero attached hydrogens (tertiary/aromatic N) is 4. The van der Waals surface area contributed by atoms with Gasteiger partial charge in [-0.3, -0.25) is 9.69 Å². The first-order chi connectivity index (χ1) is 16.1. The number of benzene rings is 2. The van der Waals surface area contributed by atoms with Crippen molar-refractivity contribution in [3.05, 3.63) is 71.1 Å². The number of aromatic nitrogens is 2. The summed E-state index contributed by atoms with van der Waals surface area (Å²) in [5, 5.41) is 4.16. The van der Waals surface area contributed by atoms with E-state index in [9.17, 15) is 4.79 Å². The van der Waals surface area contributed by atoms with Crippen LogP contribution in [0.1, 0.15) is 35.5 Å². The fraction of sp³-hybridized carbons (Fsp3) is 0.346. The van der Waals surface area contributed by atoms with E-state index in [1.54, 1.807) is 6.08 Å². The highest BCUT2D eigenvalue weighted by Gasteiger charge is 2.27. The molecule has 0 saturated carbocycles. The van der Waals surface area contributed by atoms with E-state index < -0.39 is 0 Å². The fourth-order valence-corrected chi connectivity index (χ4v) is 4.29. The molecule has 3 aromatic rings. The second-order valence-corrected chi connectivity index (χ2v) is 8.66. The second kappa shape index (κ2) is 9.19. The Morgan fingerprint density at radius 3 is 2.67 bits per heavy atom. The third-order valence-electron chi connectivity index (χ3n) is 6.41. The quantitative estimate of drug-likeness (QED) is 0.556. The number of carbonyl (C=O) groups excluding carboxylic acids is 1. The normalized spacial score (nSPS) is 17.2. The van der Waals surface area contributed by atoms with E-state index in [0.29, 0.717) is 24.8 Å². The highest BCUT2D eigenvalue weighted by Crippen LogP contribution is 2.27. The van der Waals surface area contributed by atoms with Crippen molar-refractivity contribution in [3.63, 3.8) is 0 Å². The number of hydrogen-bond donors (Lipinski definition) is 0. The first-order valence-corrected chi connectivity index (χ1v) is 11.4.